The van der Waals surface area contributed by atoms with Gasteiger partial charge >= 0.3 is 6.18 Å². The van der Waals surface area contributed by atoms with Crippen LogP contribution in [0.4, 0.5) is 13.2 Å². The van der Waals surface area contributed by atoms with E-state index in [1.165, 1.54) is 6.20 Å². The van der Waals surface area contributed by atoms with E-state index in [9.17, 15) is 22.8 Å². The topological polar surface area (TPSA) is 83.0 Å². The second-order valence-electron chi connectivity index (χ2n) is 6.96. The molecule has 2 N–H and O–H groups in total. The molecule has 7 nitrogen and oxygen atoms in total. The molecule has 1 atom stereocenters. The van der Waals surface area contributed by atoms with Gasteiger partial charge in [0.15, 0.2) is 0 Å². The molecule has 10 heteroatoms. The first-order chi connectivity index (χ1) is 13.7. The Morgan fingerprint density at radius 2 is 2.00 bits per heavy atom. The number of nitrogens with one attached hydrogen (secondary N) is 2. The lowest BCUT2D eigenvalue weighted by Gasteiger charge is -2.28. The monoisotopic (exact) mass is 405 g/mol. The summed E-state index contributed by atoms with van der Waals surface area (Å²) >= 11 is 0. The quantitative estimate of drug-likeness (QED) is 0.703. The molecule has 1 aromatic carbocycles. The number of fused-ring (bicyclic) bond motifs is 2. The summed E-state index contributed by atoms with van der Waals surface area (Å²) in [5.41, 5.74) is 1.69. The van der Waals surface area contributed by atoms with Crippen LogP contribution in [0.25, 0.3) is 10.9 Å². The van der Waals surface area contributed by atoms with E-state index < -0.39 is 18.1 Å². The molecular weight excluding hydrogens is 387 g/mol. The average molecular weight is 405 g/mol. The van der Waals surface area contributed by atoms with Crippen molar-refractivity contribution >= 4 is 22.7 Å². The van der Waals surface area contributed by atoms with Gasteiger partial charge in [0, 0.05) is 17.4 Å². The van der Waals surface area contributed by atoms with Crippen LogP contribution in [0.5, 0.6) is 0 Å². The first kappa shape index (κ1) is 19.0. The van der Waals surface area contributed by atoms with Crippen molar-refractivity contribution in [1.82, 2.24) is 25.0 Å². The molecule has 29 heavy (non-hydrogen) atoms. The number of para-hydroxylation sites is 1. The van der Waals surface area contributed by atoms with Crippen LogP contribution in [0.15, 0.2) is 36.5 Å². The zero-order valence-corrected chi connectivity index (χ0v) is 15.5. The molecule has 3 heterocycles. The third kappa shape index (κ3) is 3.57. The smallest absolute Gasteiger partial charge is 0.351 e. The van der Waals surface area contributed by atoms with Crippen LogP contribution >= 0.6 is 0 Å². The number of carbonyl (C=O) groups excluding carboxylic acids is 2. The van der Waals surface area contributed by atoms with Gasteiger partial charge in [0.25, 0.3) is 11.8 Å². The number of H-pyrrole nitrogens is 1. The maximum Gasteiger partial charge on any atom is 0.408 e. The summed E-state index contributed by atoms with van der Waals surface area (Å²) in [6, 6.07) is 7.25. The minimum Gasteiger partial charge on any atom is -0.351 e. The molecule has 0 saturated carbocycles. The molecule has 0 bridgehead atoms. The standard InChI is InChI=1S/C19H18F3N5O2/c1-11(19(20,21)22)24-17(28)13-9-23-27-7-6-26(10-16(13)27)18(29)15-8-12-4-2-3-5-14(12)25-15/h2-5,8-9,11,25H,6-7,10H2,1H3,(H,24,28)/t11-/m0/s1. The Bertz CT molecular complexity index is 1050. The van der Waals surface area contributed by atoms with Gasteiger partial charge in [0.05, 0.1) is 30.5 Å². The second kappa shape index (κ2) is 6.94. The highest BCUT2D eigenvalue weighted by Gasteiger charge is 2.38. The molecule has 0 saturated heterocycles. The number of amides is 2. The Morgan fingerprint density at radius 3 is 2.72 bits per heavy atom. The number of aromatic nitrogens is 3. The van der Waals surface area contributed by atoms with Gasteiger partial charge in [-0.3, -0.25) is 14.3 Å². The molecule has 152 valence electrons. The Labute approximate surface area is 163 Å². The molecule has 0 spiro atoms. The van der Waals surface area contributed by atoms with Crippen molar-refractivity contribution in [3.05, 3.63) is 53.5 Å². The first-order valence-electron chi connectivity index (χ1n) is 9.03. The van der Waals surface area contributed by atoms with E-state index in [0.717, 1.165) is 17.8 Å². The normalized spacial score (nSPS) is 15.2. The summed E-state index contributed by atoms with van der Waals surface area (Å²) in [5.74, 6) is -1.11. The third-order valence-electron chi connectivity index (χ3n) is 5.00. The summed E-state index contributed by atoms with van der Waals surface area (Å²) < 4.78 is 39.8. The summed E-state index contributed by atoms with van der Waals surface area (Å²) in [4.78, 5) is 29.9. The average Bonchev–Trinajstić information content (AvgIpc) is 3.30. The number of benzene rings is 1. The highest BCUT2D eigenvalue weighted by atomic mass is 19.4. The molecule has 0 unspecified atom stereocenters. The molecule has 4 rings (SSSR count). The Kier molecular flexibility index (Phi) is 4.56. The van der Waals surface area contributed by atoms with Gasteiger partial charge in [-0.1, -0.05) is 18.2 Å². The largest absolute Gasteiger partial charge is 0.408 e. The summed E-state index contributed by atoms with van der Waals surface area (Å²) in [5, 5.41) is 6.92. The van der Waals surface area contributed by atoms with Gasteiger partial charge in [0.1, 0.15) is 11.7 Å². The lowest BCUT2D eigenvalue weighted by atomic mass is 10.1. The minimum atomic E-state index is -4.54. The predicted molar refractivity (Wildman–Crippen MR) is 98.2 cm³/mol. The van der Waals surface area contributed by atoms with Crippen molar-refractivity contribution in [2.75, 3.05) is 6.54 Å². The molecule has 2 amide bonds. The zero-order valence-electron chi connectivity index (χ0n) is 15.5. The lowest BCUT2D eigenvalue weighted by molar-refractivity contribution is -0.149. The molecule has 0 radical (unpaired) electrons. The van der Waals surface area contributed by atoms with Gasteiger partial charge in [-0.25, -0.2) is 0 Å². The highest BCUT2D eigenvalue weighted by molar-refractivity contribution is 5.98. The van der Waals surface area contributed by atoms with Crippen molar-refractivity contribution in [2.45, 2.75) is 32.2 Å². The first-order valence-corrected chi connectivity index (χ1v) is 9.03. The lowest BCUT2D eigenvalue weighted by Crippen LogP contribution is -2.44. The number of aromatic amines is 1. The SMILES string of the molecule is C[C@H](NC(=O)c1cnn2c1CN(C(=O)c1cc3ccccc3[nH]1)CC2)C(F)(F)F. The Morgan fingerprint density at radius 1 is 1.24 bits per heavy atom. The van der Waals surface area contributed by atoms with Crippen LogP contribution in [-0.2, 0) is 13.1 Å². The number of nitrogens with zero attached hydrogens (tertiary/aromatic N) is 3. The van der Waals surface area contributed by atoms with Gasteiger partial charge in [-0.05, 0) is 19.1 Å². The van der Waals surface area contributed by atoms with E-state index in [4.69, 9.17) is 0 Å². The maximum atomic E-state index is 12.9. The maximum absolute atomic E-state index is 12.9. The van der Waals surface area contributed by atoms with Crippen LogP contribution in [0.2, 0.25) is 0 Å². The highest BCUT2D eigenvalue weighted by Crippen LogP contribution is 2.23. The van der Waals surface area contributed by atoms with Crippen molar-refractivity contribution in [3.63, 3.8) is 0 Å². The van der Waals surface area contributed by atoms with E-state index in [0.29, 0.717) is 24.5 Å². The van der Waals surface area contributed by atoms with Crippen molar-refractivity contribution in [3.8, 4) is 0 Å². The van der Waals surface area contributed by atoms with Gasteiger partial charge in [-0.15, -0.1) is 0 Å². The van der Waals surface area contributed by atoms with E-state index >= 15 is 0 Å². The fourth-order valence-electron chi connectivity index (χ4n) is 3.32. The molecular formula is C19H18F3N5O2. The zero-order chi connectivity index (χ0) is 20.8. The van der Waals surface area contributed by atoms with E-state index in [-0.39, 0.29) is 18.0 Å². The number of hydrogen-bond acceptors (Lipinski definition) is 3. The minimum absolute atomic E-state index is 0.0373. The third-order valence-corrected chi connectivity index (χ3v) is 5.00. The fraction of sp³-hybridized carbons (Fsp3) is 0.316. The number of alkyl halides is 3. The van der Waals surface area contributed by atoms with E-state index in [2.05, 4.69) is 10.1 Å². The number of halogens is 3. The second-order valence-corrected chi connectivity index (χ2v) is 6.96. The van der Waals surface area contributed by atoms with Crippen LogP contribution in [0.3, 0.4) is 0 Å². The predicted octanol–water partition coefficient (Wildman–Crippen LogP) is 2.70. The summed E-state index contributed by atoms with van der Waals surface area (Å²) in [7, 11) is 0. The number of rotatable bonds is 3. The van der Waals surface area contributed by atoms with Crippen molar-refractivity contribution in [1.29, 1.82) is 0 Å². The molecule has 3 aromatic rings. The van der Waals surface area contributed by atoms with Crippen molar-refractivity contribution in [2.24, 2.45) is 0 Å². The van der Waals surface area contributed by atoms with E-state index in [1.807, 2.05) is 29.6 Å². The summed E-state index contributed by atoms with van der Waals surface area (Å²) in [6.07, 6.45) is -3.30. The molecule has 1 aliphatic heterocycles. The summed E-state index contributed by atoms with van der Waals surface area (Å²) in [6.45, 7) is 1.68. The Balaban J connectivity index is 1.54. The number of hydrogen-bond donors (Lipinski definition) is 2. The van der Waals surface area contributed by atoms with Gasteiger partial charge in [0.2, 0.25) is 0 Å². The Hall–Kier alpha value is -3.30. The molecule has 2 aromatic heterocycles. The molecule has 0 aliphatic carbocycles. The fourth-order valence-corrected chi connectivity index (χ4v) is 3.32. The van der Waals surface area contributed by atoms with Crippen LogP contribution in [-0.4, -0.2) is 50.2 Å². The number of carbonyl (C=O) groups is 2. The van der Waals surface area contributed by atoms with E-state index in [1.54, 1.807) is 15.6 Å². The van der Waals surface area contributed by atoms with Gasteiger partial charge < -0.3 is 15.2 Å². The van der Waals surface area contributed by atoms with Crippen LogP contribution < -0.4 is 5.32 Å². The van der Waals surface area contributed by atoms with Crippen LogP contribution in [0, 0.1) is 0 Å². The molecule has 1 aliphatic rings. The van der Waals surface area contributed by atoms with Crippen LogP contribution in [0.1, 0.15) is 33.5 Å². The van der Waals surface area contributed by atoms with Gasteiger partial charge in [-0.2, -0.15) is 18.3 Å². The molecule has 0 fully saturated rings. The van der Waals surface area contributed by atoms with Crippen molar-refractivity contribution < 1.29 is 22.8 Å².